The zero-order valence-corrected chi connectivity index (χ0v) is 32.7. The Labute approximate surface area is 345 Å². The lowest BCUT2D eigenvalue weighted by Crippen LogP contribution is -2.16. The molecule has 4 aromatic carbocycles. The molecule has 0 amide bonds. The molecule has 2 aromatic heterocycles. The number of anilines is 2. The maximum atomic E-state index is 13.9. The highest BCUT2D eigenvalue weighted by Crippen LogP contribution is 2.45. The first-order valence-electron chi connectivity index (χ1n) is 18.6. The molecule has 0 saturated carbocycles. The van der Waals surface area contributed by atoms with Crippen molar-refractivity contribution in [3.05, 3.63) is 147 Å². The van der Waals surface area contributed by atoms with E-state index in [4.69, 9.17) is 18.6 Å². The topological polar surface area (TPSA) is 216 Å². The number of benzene rings is 5. The summed E-state index contributed by atoms with van der Waals surface area (Å²) >= 11 is 0. The Morgan fingerprint density at radius 1 is 0.656 bits per heavy atom. The summed E-state index contributed by atoms with van der Waals surface area (Å²) in [6.45, 7) is -0.206. The Hall–Kier alpha value is -8.33. The predicted octanol–water partition coefficient (Wildman–Crippen LogP) is 7.65. The third-order valence-corrected chi connectivity index (χ3v) is 10.3. The largest absolute Gasteiger partial charge is 0.507 e. The summed E-state index contributed by atoms with van der Waals surface area (Å²) in [6.07, 6.45) is 0. The molecule has 15 nitrogen and oxygen atoms in total. The van der Waals surface area contributed by atoms with E-state index in [-0.39, 0.29) is 69.4 Å². The van der Waals surface area contributed by atoms with Gasteiger partial charge in [0.15, 0.2) is 5.43 Å². The van der Waals surface area contributed by atoms with Gasteiger partial charge < -0.3 is 39.5 Å². The van der Waals surface area contributed by atoms with Gasteiger partial charge in [-0.25, -0.2) is 29.1 Å². The summed E-state index contributed by atoms with van der Waals surface area (Å²) in [6, 6.07) is 27.1. The molecule has 0 saturated heterocycles. The average molecular weight is 819 g/mol. The van der Waals surface area contributed by atoms with E-state index in [2.05, 4.69) is 20.6 Å². The molecule has 0 radical (unpaired) electrons. The number of phenolic OH excluding ortho intramolecular Hbond substituents is 1. The van der Waals surface area contributed by atoms with Gasteiger partial charge >= 0.3 is 23.9 Å². The number of hydrogen-bond acceptors (Lipinski definition) is 14. The number of carbonyl (C=O) groups is 4. The van der Waals surface area contributed by atoms with Crippen molar-refractivity contribution in [2.75, 3.05) is 32.0 Å². The van der Waals surface area contributed by atoms with Crippen molar-refractivity contribution in [1.82, 2.24) is 9.97 Å². The van der Waals surface area contributed by atoms with E-state index in [9.17, 15) is 34.2 Å². The third-order valence-electron chi connectivity index (χ3n) is 10.3. The maximum Gasteiger partial charge on any atom is 0.356 e. The van der Waals surface area contributed by atoms with Crippen LogP contribution in [0, 0.1) is 0 Å². The highest BCUT2D eigenvalue weighted by molar-refractivity contribution is 6.10. The monoisotopic (exact) mass is 818 g/mol. The fourth-order valence-electron chi connectivity index (χ4n) is 7.30. The molecule has 0 fully saturated rings. The van der Waals surface area contributed by atoms with Crippen molar-refractivity contribution in [2.45, 2.75) is 13.1 Å². The quantitative estimate of drug-likeness (QED) is 0.0560. The van der Waals surface area contributed by atoms with Crippen LogP contribution in [0.3, 0.4) is 0 Å². The van der Waals surface area contributed by atoms with E-state index in [1.807, 2.05) is 12.1 Å². The molecule has 6 aromatic rings. The summed E-state index contributed by atoms with van der Waals surface area (Å²) < 4.78 is 21.4. The number of nitrogens with one attached hydrogen (secondary N) is 2. The first-order valence-corrected chi connectivity index (χ1v) is 18.6. The molecule has 8 rings (SSSR count). The Morgan fingerprint density at radius 2 is 1.25 bits per heavy atom. The number of methoxy groups -OCH3 is 3. The number of pyridine rings is 2. The number of para-hydroxylation sites is 2. The zero-order valence-electron chi connectivity index (χ0n) is 32.7. The van der Waals surface area contributed by atoms with E-state index in [1.165, 1.54) is 57.7 Å². The Bertz CT molecular complexity index is 3140. The van der Waals surface area contributed by atoms with Gasteiger partial charge in [-0.1, -0.05) is 36.4 Å². The van der Waals surface area contributed by atoms with Crippen LogP contribution in [-0.4, -0.2) is 65.4 Å². The van der Waals surface area contributed by atoms with Crippen molar-refractivity contribution in [2.24, 2.45) is 0 Å². The standard InChI is InChI=1S/C46H34N4O11/c1-58-44(55)25-10-13-26(43(53)54)29(20-25)38-27-14-18-36(51)30(21-47-32-8-4-6-23-11-16-34(45(56)59-2)49-39(23)32)41(27)61-42-28(38)15-19-37(52)31(42)22-48-33-9-5-7-24-12-17-35(46(57)60-3)50-40(24)33/h4-20,47-48,51H,21-22H2,1-3H3,(H,53,54). The molecular formula is C46H34N4O11. The summed E-state index contributed by atoms with van der Waals surface area (Å²) in [7, 11) is 3.72. The zero-order chi connectivity index (χ0) is 42.9. The molecule has 3 heterocycles. The van der Waals surface area contributed by atoms with Crippen molar-refractivity contribution in [1.29, 1.82) is 0 Å². The lowest BCUT2D eigenvalue weighted by molar-refractivity contribution is 0.0586. The number of carbonyl (C=O) groups excluding carboxylic acids is 3. The van der Waals surface area contributed by atoms with Crippen molar-refractivity contribution < 1.29 is 48.0 Å². The second-order valence-corrected chi connectivity index (χ2v) is 13.7. The molecule has 61 heavy (non-hydrogen) atoms. The first-order chi connectivity index (χ1) is 29.5. The van der Waals surface area contributed by atoms with Crippen LogP contribution in [-0.2, 0) is 27.3 Å². The van der Waals surface area contributed by atoms with Gasteiger partial charge in [-0.05, 0) is 72.3 Å². The number of esters is 3. The fourth-order valence-corrected chi connectivity index (χ4v) is 7.30. The van der Waals surface area contributed by atoms with E-state index in [0.29, 0.717) is 49.7 Å². The van der Waals surface area contributed by atoms with Gasteiger partial charge in [-0.3, -0.25) is 4.79 Å². The van der Waals surface area contributed by atoms with Crippen LogP contribution in [0.4, 0.5) is 11.4 Å². The first kappa shape index (κ1) is 39.5. The van der Waals surface area contributed by atoms with Crippen LogP contribution in [0.1, 0.15) is 52.8 Å². The summed E-state index contributed by atoms with van der Waals surface area (Å²) in [5.41, 5.74) is 2.73. The Morgan fingerprint density at radius 3 is 1.82 bits per heavy atom. The number of ether oxygens (including phenoxy) is 3. The van der Waals surface area contributed by atoms with E-state index in [0.717, 1.165) is 0 Å². The van der Waals surface area contributed by atoms with E-state index >= 15 is 0 Å². The highest BCUT2D eigenvalue weighted by Gasteiger charge is 2.28. The van der Waals surface area contributed by atoms with E-state index in [1.54, 1.807) is 54.6 Å². The van der Waals surface area contributed by atoms with Crippen LogP contribution < -0.4 is 16.1 Å². The molecule has 1 aliphatic carbocycles. The van der Waals surface area contributed by atoms with E-state index < -0.39 is 29.3 Å². The molecule has 0 unspecified atom stereocenters. The fraction of sp³-hybridized carbons (Fsp3) is 0.109. The summed E-state index contributed by atoms with van der Waals surface area (Å²) in [5.74, 6) is -3.38. The number of hydrogen-bond donors (Lipinski definition) is 4. The Balaban J connectivity index is 1.33. The minimum atomic E-state index is -1.29. The molecular weight excluding hydrogens is 785 g/mol. The lowest BCUT2D eigenvalue weighted by Gasteiger charge is -2.21. The molecule has 15 heteroatoms. The summed E-state index contributed by atoms with van der Waals surface area (Å²) in [5, 5.41) is 30.3. The number of rotatable bonds is 11. The van der Waals surface area contributed by atoms with Crippen LogP contribution in [0.2, 0.25) is 0 Å². The highest BCUT2D eigenvalue weighted by atomic mass is 16.5. The molecule has 304 valence electrons. The molecule has 1 aliphatic heterocycles. The van der Waals surface area contributed by atoms with Crippen molar-refractivity contribution in [3.8, 4) is 28.2 Å². The predicted molar refractivity (Wildman–Crippen MR) is 225 cm³/mol. The normalized spacial score (nSPS) is 11.1. The smallest absolute Gasteiger partial charge is 0.356 e. The van der Waals surface area contributed by atoms with Gasteiger partial charge in [-0.2, -0.15) is 0 Å². The number of phenols is 1. The SMILES string of the molecule is COC(=O)c1ccc(C(=O)O)c(-c2c3ccc(=O)c(CNc4cccc5ccc(C(=O)OC)nc45)c-3oc3c(CNc4cccc5ccc(C(=O)OC)nc45)c(O)ccc23)c1. The number of aromatic hydroxyl groups is 1. The van der Waals surface area contributed by atoms with Gasteiger partial charge in [0.05, 0.1) is 66.0 Å². The molecule has 4 N–H and O–H groups in total. The van der Waals surface area contributed by atoms with Crippen molar-refractivity contribution >= 4 is 68.0 Å². The third kappa shape index (κ3) is 7.24. The molecule has 0 bridgehead atoms. The van der Waals surface area contributed by atoms with Crippen LogP contribution in [0.25, 0.3) is 55.2 Å². The van der Waals surface area contributed by atoms with Gasteiger partial charge in [0.1, 0.15) is 28.5 Å². The van der Waals surface area contributed by atoms with Crippen LogP contribution >= 0.6 is 0 Å². The number of fused-ring (bicyclic) bond motifs is 4. The number of carboxylic acid groups (broad SMARTS) is 1. The van der Waals surface area contributed by atoms with Gasteiger partial charge in [0.25, 0.3) is 0 Å². The second-order valence-electron chi connectivity index (χ2n) is 13.7. The molecule has 2 aliphatic rings. The number of nitrogens with zero attached hydrogens (tertiary/aromatic N) is 2. The Kier molecular flexibility index (Phi) is 10.4. The number of aromatic carboxylic acids is 1. The van der Waals surface area contributed by atoms with Crippen LogP contribution in [0.15, 0.2) is 112 Å². The molecule has 0 atom stereocenters. The second kappa shape index (κ2) is 16.1. The minimum Gasteiger partial charge on any atom is -0.507 e. The van der Waals surface area contributed by atoms with Gasteiger partial charge in [-0.15, -0.1) is 0 Å². The van der Waals surface area contributed by atoms with Crippen LogP contribution in [0.5, 0.6) is 5.75 Å². The lowest BCUT2D eigenvalue weighted by atomic mass is 9.87. The van der Waals surface area contributed by atoms with Gasteiger partial charge in [0.2, 0.25) is 0 Å². The number of aromatic nitrogens is 2. The van der Waals surface area contributed by atoms with Gasteiger partial charge in [0, 0.05) is 40.4 Å². The summed E-state index contributed by atoms with van der Waals surface area (Å²) in [4.78, 5) is 73.3. The minimum absolute atomic E-state index is 0.0622. The number of carboxylic acids is 1. The maximum absolute atomic E-state index is 13.9. The van der Waals surface area contributed by atoms with Crippen molar-refractivity contribution in [3.63, 3.8) is 0 Å². The molecule has 0 spiro atoms. The average Bonchev–Trinajstić information content (AvgIpc) is 3.28.